The van der Waals surface area contributed by atoms with Crippen LogP contribution in [-0.2, 0) is 0 Å². The van der Waals surface area contributed by atoms with Gasteiger partial charge in [0.1, 0.15) is 0 Å². The molecule has 0 saturated heterocycles. The van der Waals surface area contributed by atoms with Gasteiger partial charge in [0, 0.05) is 11.1 Å². The summed E-state index contributed by atoms with van der Waals surface area (Å²) in [6.45, 7) is 3.79. The summed E-state index contributed by atoms with van der Waals surface area (Å²) in [6, 6.07) is 4.78. The predicted octanol–water partition coefficient (Wildman–Crippen LogP) is 3.41. The minimum atomic E-state index is 0.655. The van der Waals surface area contributed by atoms with Gasteiger partial charge in [-0.15, -0.1) is 0 Å². The molecule has 0 atom stereocenters. The lowest BCUT2D eigenvalue weighted by Crippen LogP contribution is -1.79. The molecule has 1 aromatic rings. The molecule has 53 valence electrons. The van der Waals surface area contributed by atoms with Crippen molar-refractivity contribution in [3.63, 3.8) is 0 Å². The van der Waals surface area contributed by atoms with E-state index >= 15 is 0 Å². The van der Waals surface area contributed by atoms with Crippen LogP contribution in [0, 0.1) is 19.9 Å². The zero-order valence-electron chi connectivity index (χ0n) is 5.83. The van der Waals surface area contributed by atoms with Crippen LogP contribution in [0.1, 0.15) is 11.1 Å². The average Bonchev–Trinajstić information content (AvgIpc) is 1.84. The molecule has 10 heavy (non-hydrogen) atoms. The Morgan fingerprint density at radius 3 is 2.40 bits per heavy atom. The van der Waals surface area contributed by atoms with Gasteiger partial charge in [-0.3, -0.25) is 0 Å². The summed E-state index contributed by atoms with van der Waals surface area (Å²) in [7, 11) is 0. The molecule has 0 aliphatic rings. The van der Waals surface area contributed by atoms with E-state index in [9.17, 15) is 0 Å². The van der Waals surface area contributed by atoms with Crippen LogP contribution in [0.5, 0.6) is 0 Å². The lowest BCUT2D eigenvalue weighted by Gasteiger charge is -2.00. The molecule has 0 aliphatic carbocycles. The Labute approximate surface area is 70.8 Å². The van der Waals surface area contributed by atoms with Crippen molar-refractivity contribution in [3.8, 4) is 0 Å². The SMILES string of the molecule is Cc1[c]c(Cl)c(C)cc1Cl. The highest BCUT2D eigenvalue weighted by molar-refractivity contribution is 6.34. The first-order chi connectivity index (χ1) is 4.61. The number of hydrogen-bond donors (Lipinski definition) is 0. The van der Waals surface area contributed by atoms with Crippen molar-refractivity contribution < 1.29 is 0 Å². The van der Waals surface area contributed by atoms with Gasteiger partial charge in [0.05, 0.1) is 5.02 Å². The normalized spacial score (nSPS) is 10.0. The number of halogens is 2. The van der Waals surface area contributed by atoms with E-state index in [1.54, 1.807) is 0 Å². The summed E-state index contributed by atoms with van der Waals surface area (Å²) in [6.07, 6.45) is 0. The molecule has 1 rings (SSSR count). The maximum absolute atomic E-state index is 5.80. The second-order valence-corrected chi connectivity index (χ2v) is 3.02. The van der Waals surface area contributed by atoms with Gasteiger partial charge in [0.25, 0.3) is 0 Å². The highest BCUT2D eigenvalue weighted by Gasteiger charge is 1.99. The van der Waals surface area contributed by atoms with Crippen molar-refractivity contribution in [2.45, 2.75) is 13.8 Å². The molecule has 0 aliphatic heterocycles. The molecule has 0 bridgehead atoms. The van der Waals surface area contributed by atoms with E-state index in [4.69, 9.17) is 23.2 Å². The molecule has 1 aromatic carbocycles. The number of aryl methyl sites for hydroxylation is 2. The first-order valence-electron chi connectivity index (χ1n) is 2.96. The largest absolute Gasteiger partial charge is 0.0840 e. The van der Waals surface area contributed by atoms with Gasteiger partial charge >= 0.3 is 0 Å². The minimum absolute atomic E-state index is 0.655. The summed E-state index contributed by atoms with van der Waals surface area (Å²) in [5.74, 6) is 0. The minimum Gasteiger partial charge on any atom is -0.0840 e. The van der Waals surface area contributed by atoms with Gasteiger partial charge < -0.3 is 0 Å². The summed E-state index contributed by atoms with van der Waals surface area (Å²) < 4.78 is 0. The van der Waals surface area contributed by atoms with Gasteiger partial charge in [0.15, 0.2) is 0 Å². The molecule has 0 fully saturated rings. The first-order valence-corrected chi connectivity index (χ1v) is 3.71. The fraction of sp³-hybridized carbons (Fsp3) is 0.250. The first kappa shape index (κ1) is 7.90. The number of rotatable bonds is 0. The van der Waals surface area contributed by atoms with Crippen molar-refractivity contribution in [2.75, 3.05) is 0 Å². The standard InChI is InChI=1S/C8H7Cl2/c1-5-3-8(10)6(2)4-7(5)9/h3H,1-2H3. The van der Waals surface area contributed by atoms with Crippen molar-refractivity contribution in [1.82, 2.24) is 0 Å². The predicted molar refractivity (Wildman–Crippen MR) is 44.8 cm³/mol. The maximum Gasteiger partial charge on any atom is 0.0517 e. The van der Waals surface area contributed by atoms with E-state index in [0.717, 1.165) is 16.1 Å². The van der Waals surface area contributed by atoms with Gasteiger partial charge in [-0.25, -0.2) is 0 Å². The summed E-state index contributed by atoms with van der Waals surface area (Å²) in [5.41, 5.74) is 1.87. The Morgan fingerprint density at radius 1 is 1.30 bits per heavy atom. The van der Waals surface area contributed by atoms with Gasteiger partial charge in [-0.2, -0.15) is 0 Å². The molecule has 2 heteroatoms. The number of benzene rings is 1. The van der Waals surface area contributed by atoms with Crippen LogP contribution < -0.4 is 0 Å². The Morgan fingerprint density at radius 2 is 1.90 bits per heavy atom. The van der Waals surface area contributed by atoms with Crippen molar-refractivity contribution in [2.24, 2.45) is 0 Å². The lowest BCUT2D eigenvalue weighted by atomic mass is 10.2. The lowest BCUT2D eigenvalue weighted by molar-refractivity contribution is 1.39. The fourth-order valence-corrected chi connectivity index (χ4v) is 1.09. The van der Waals surface area contributed by atoms with Crippen LogP contribution in [-0.4, -0.2) is 0 Å². The van der Waals surface area contributed by atoms with E-state index in [1.165, 1.54) is 0 Å². The summed E-state index contributed by atoms with van der Waals surface area (Å²) >= 11 is 11.6. The second-order valence-electron chi connectivity index (χ2n) is 2.24. The fourth-order valence-electron chi connectivity index (χ4n) is 0.685. The van der Waals surface area contributed by atoms with Crippen LogP contribution in [0.4, 0.5) is 0 Å². The van der Waals surface area contributed by atoms with Crippen LogP contribution >= 0.6 is 23.2 Å². The molecule has 0 aromatic heterocycles. The molecular weight excluding hydrogens is 167 g/mol. The molecule has 0 nitrogen and oxygen atoms in total. The Bertz CT molecular complexity index is 203. The van der Waals surface area contributed by atoms with E-state index in [0.29, 0.717) is 5.02 Å². The molecule has 0 heterocycles. The van der Waals surface area contributed by atoms with Crippen LogP contribution in [0.15, 0.2) is 6.07 Å². The molecule has 0 amide bonds. The zero-order chi connectivity index (χ0) is 7.72. The number of hydrogen-bond acceptors (Lipinski definition) is 0. The van der Waals surface area contributed by atoms with Crippen LogP contribution in [0.2, 0.25) is 10.0 Å². The monoisotopic (exact) mass is 173 g/mol. The Kier molecular flexibility index (Phi) is 2.22. The quantitative estimate of drug-likeness (QED) is 0.565. The van der Waals surface area contributed by atoms with E-state index < -0.39 is 0 Å². The van der Waals surface area contributed by atoms with E-state index in [2.05, 4.69) is 6.07 Å². The summed E-state index contributed by atoms with van der Waals surface area (Å²) in [4.78, 5) is 0. The Hall–Kier alpha value is -0.200. The third-order valence-electron chi connectivity index (χ3n) is 1.34. The summed E-state index contributed by atoms with van der Waals surface area (Å²) in [5, 5.41) is 1.38. The average molecular weight is 174 g/mol. The second kappa shape index (κ2) is 2.81. The van der Waals surface area contributed by atoms with Crippen molar-refractivity contribution in [1.29, 1.82) is 0 Å². The smallest absolute Gasteiger partial charge is 0.0517 e. The highest BCUT2D eigenvalue weighted by Crippen LogP contribution is 2.22. The topological polar surface area (TPSA) is 0 Å². The van der Waals surface area contributed by atoms with E-state index in [1.807, 2.05) is 19.9 Å². The van der Waals surface area contributed by atoms with E-state index in [-0.39, 0.29) is 0 Å². The third-order valence-corrected chi connectivity index (χ3v) is 2.13. The third kappa shape index (κ3) is 1.44. The molecular formula is C8H7Cl2. The molecule has 0 saturated carbocycles. The van der Waals surface area contributed by atoms with Crippen LogP contribution in [0.25, 0.3) is 0 Å². The molecule has 1 radical (unpaired) electrons. The van der Waals surface area contributed by atoms with Gasteiger partial charge in [0.2, 0.25) is 0 Å². The van der Waals surface area contributed by atoms with Crippen LogP contribution in [0.3, 0.4) is 0 Å². The molecule has 0 N–H and O–H groups in total. The Balaban J connectivity index is 3.28. The van der Waals surface area contributed by atoms with Crippen molar-refractivity contribution >= 4 is 23.2 Å². The maximum atomic E-state index is 5.80. The molecule has 0 spiro atoms. The van der Waals surface area contributed by atoms with Crippen molar-refractivity contribution in [3.05, 3.63) is 33.3 Å². The van der Waals surface area contributed by atoms with Gasteiger partial charge in [-0.05, 0) is 31.0 Å². The molecule has 0 unspecified atom stereocenters. The highest BCUT2D eigenvalue weighted by atomic mass is 35.5. The van der Waals surface area contributed by atoms with Gasteiger partial charge in [-0.1, -0.05) is 23.2 Å². The zero-order valence-corrected chi connectivity index (χ0v) is 7.35.